The van der Waals surface area contributed by atoms with E-state index < -0.39 is 0 Å². The summed E-state index contributed by atoms with van der Waals surface area (Å²) in [5.41, 5.74) is 2.73. The van der Waals surface area contributed by atoms with Gasteiger partial charge in [-0.05, 0) is 59.8 Å². The first-order valence-corrected chi connectivity index (χ1v) is 8.44. The van der Waals surface area contributed by atoms with E-state index >= 15 is 0 Å². The fourth-order valence-corrected chi connectivity index (χ4v) is 2.93. The third kappa shape index (κ3) is 2.94. The Kier molecular flexibility index (Phi) is 3.85. The predicted molar refractivity (Wildman–Crippen MR) is 102 cm³/mol. The van der Waals surface area contributed by atoms with Crippen LogP contribution in [0.25, 0.3) is 22.3 Å². The van der Waals surface area contributed by atoms with Gasteiger partial charge in [0, 0.05) is 33.0 Å². The van der Waals surface area contributed by atoms with Crippen molar-refractivity contribution in [1.82, 2.24) is 25.1 Å². The van der Waals surface area contributed by atoms with E-state index in [1.54, 1.807) is 12.4 Å². The van der Waals surface area contributed by atoms with Crippen molar-refractivity contribution in [2.24, 2.45) is 0 Å². The first kappa shape index (κ1) is 15.0. The molecule has 0 aliphatic heterocycles. The van der Waals surface area contributed by atoms with Crippen molar-refractivity contribution in [2.75, 3.05) is 5.32 Å². The molecule has 7 heteroatoms. The number of nitrogens with one attached hydrogen (secondary N) is 2. The zero-order valence-electron chi connectivity index (χ0n) is 12.8. The summed E-state index contributed by atoms with van der Waals surface area (Å²) in [6.45, 7) is 1.94. The van der Waals surface area contributed by atoms with Crippen molar-refractivity contribution >= 4 is 45.1 Å². The monoisotopic (exact) mass is 428 g/mol. The summed E-state index contributed by atoms with van der Waals surface area (Å²) in [6.07, 6.45) is 3.48. The van der Waals surface area contributed by atoms with Crippen LogP contribution in [0.1, 0.15) is 5.69 Å². The Labute approximate surface area is 151 Å². The number of halogens is 1. The van der Waals surface area contributed by atoms with Crippen molar-refractivity contribution in [1.29, 1.82) is 0 Å². The van der Waals surface area contributed by atoms with Gasteiger partial charge in [0.25, 0.3) is 0 Å². The lowest BCUT2D eigenvalue weighted by molar-refractivity contribution is 1.05. The Morgan fingerprint density at radius 1 is 1.04 bits per heavy atom. The number of aromatic amines is 1. The highest BCUT2D eigenvalue weighted by Crippen LogP contribution is 2.28. The second-order valence-corrected chi connectivity index (χ2v) is 6.59. The minimum Gasteiger partial charge on any atom is -0.325 e. The van der Waals surface area contributed by atoms with E-state index in [1.165, 1.54) is 0 Å². The van der Waals surface area contributed by atoms with Crippen LogP contribution in [0.15, 0.2) is 48.8 Å². The Hall–Kier alpha value is -2.55. The van der Waals surface area contributed by atoms with Gasteiger partial charge in [-0.2, -0.15) is 5.10 Å². The Bertz CT molecular complexity index is 1010. The lowest BCUT2D eigenvalue weighted by Crippen LogP contribution is -2.00. The van der Waals surface area contributed by atoms with E-state index in [4.69, 9.17) is 4.98 Å². The number of fused-ring (bicyclic) bond motifs is 1. The number of H-pyrrole nitrogens is 1. The zero-order valence-corrected chi connectivity index (χ0v) is 14.9. The average molecular weight is 428 g/mol. The van der Waals surface area contributed by atoms with Crippen LogP contribution in [0.2, 0.25) is 0 Å². The summed E-state index contributed by atoms with van der Waals surface area (Å²) in [5, 5.41) is 11.4. The molecule has 118 valence electrons. The normalized spacial score (nSPS) is 10.9. The summed E-state index contributed by atoms with van der Waals surface area (Å²) < 4.78 is 1.13. The van der Waals surface area contributed by atoms with Crippen LogP contribution in [-0.2, 0) is 0 Å². The molecular weight excluding hydrogens is 415 g/mol. The quantitative estimate of drug-likeness (QED) is 0.481. The lowest BCUT2D eigenvalue weighted by atomic mass is 10.2. The third-order valence-corrected chi connectivity index (χ3v) is 4.23. The molecule has 0 unspecified atom stereocenters. The fourth-order valence-electron chi connectivity index (χ4n) is 2.44. The fraction of sp³-hybridized carbons (Fsp3) is 0.0588. The van der Waals surface area contributed by atoms with Gasteiger partial charge in [0.2, 0.25) is 0 Å². The average Bonchev–Trinajstić information content (AvgIpc) is 3.01. The van der Waals surface area contributed by atoms with Crippen LogP contribution in [0, 0.1) is 10.5 Å². The summed E-state index contributed by atoms with van der Waals surface area (Å²) in [7, 11) is 0. The van der Waals surface area contributed by atoms with Gasteiger partial charge in [-0.25, -0.2) is 9.97 Å². The highest BCUT2D eigenvalue weighted by atomic mass is 127. The van der Waals surface area contributed by atoms with Crippen LogP contribution >= 0.6 is 22.6 Å². The van der Waals surface area contributed by atoms with Gasteiger partial charge in [-0.15, -0.1) is 0 Å². The Morgan fingerprint density at radius 2 is 1.88 bits per heavy atom. The van der Waals surface area contributed by atoms with Crippen molar-refractivity contribution in [3.8, 4) is 11.4 Å². The summed E-state index contributed by atoms with van der Waals surface area (Å²) in [6, 6.07) is 11.9. The van der Waals surface area contributed by atoms with Crippen LogP contribution in [-0.4, -0.2) is 25.1 Å². The lowest BCUT2D eigenvalue weighted by Gasteiger charge is -2.10. The maximum absolute atomic E-state index is 4.72. The molecule has 3 heterocycles. The van der Waals surface area contributed by atoms with Gasteiger partial charge in [0.15, 0.2) is 5.82 Å². The molecule has 4 rings (SSSR count). The minimum absolute atomic E-state index is 0.657. The standard InChI is InChI=1S/C17H13IN6/c1-10-8-15(24-23-10)21-17-13-9-12(18)2-3-14(13)20-16(22-17)11-4-6-19-7-5-11/h2-9H,1H3,(H2,20,21,22,23,24). The molecule has 0 radical (unpaired) electrons. The van der Waals surface area contributed by atoms with Crippen LogP contribution < -0.4 is 5.32 Å². The molecule has 0 spiro atoms. The first-order valence-electron chi connectivity index (χ1n) is 7.36. The zero-order chi connectivity index (χ0) is 16.5. The van der Waals surface area contributed by atoms with Crippen molar-refractivity contribution in [2.45, 2.75) is 6.92 Å². The second-order valence-electron chi connectivity index (χ2n) is 5.34. The van der Waals surface area contributed by atoms with E-state index in [1.807, 2.05) is 37.3 Å². The van der Waals surface area contributed by atoms with Crippen molar-refractivity contribution in [3.05, 3.63) is 58.1 Å². The molecule has 3 aromatic heterocycles. The minimum atomic E-state index is 0.657. The first-order chi connectivity index (χ1) is 11.7. The number of nitrogens with zero attached hydrogens (tertiary/aromatic N) is 4. The molecule has 6 nitrogen and oxygen atoms in total. The number of pyridine rings is 1. The Balaban J connectivity index is 1.89. The van der Waals surface area contributed by atoms with Gasteiger partial charge in [-0.1, -0.05) is 0 Å². The predicted octanol–water partition coefficient (Wildman–Crippen LogP) is 4.07. The Morgan fingerprint density at radius 3 is 2.62 bits per heavy atom. The molecule has 0 aliphatic rings. The molecule has 0 saturated heterocycles. The summed E-state index contributed by atoms with van der Waals surface area (Å²) >= 11 is 2.29. The molecule has 0 saturated carbocycles. The van der Waals surface area contributed by atoms with E-state index in [-0.39, 0.29) is 0 Å². The van der Waals surface area contributed by atoms with E-state index in [9.17, 15) is 0 Å². The summed E-state index contributed by atoms with van der Waals surface area (Å²) in [5.74, 6) is 2.20. The molecule has 0 amide bonds. The van der Waals surface area contributed by atoms with Gasteiger partial charge < -0.3 is 5.32 Å². The molecule has 0 atom stereocenters. The number of aryl methyl sites for hydroxylation is 1. The molecule has 24 heavy (non-hydrogen) atoms. The second kappa shape index (κ2) is 6.16. The number of anilines is 2. The molecule has 0 fully saturated rings. The van der Waals surface area contributed by atoms with E-state index in [0.717, 1.165) is 37.4 Å². The van der Waals surface area contributed by atoms with Crippen LogP contribution in [0.4, 0.5) is 11.6 Å². The number of rotatable bonds is 3. The maximum Gasteiger partial charge on any atom is 0.162 e. The molecule has 0 aliphatic carbocycles. The van der Waals surface area contributed by atoms with Gasteiger partial charge in [0.05, 0.1) is 11.2 Å². The smallest absolute Gasteiger partial charge is 0.162 e. The van der Waals surface area contributed by atoms with Gasteiger partial charge in [0.1, 0.15) is 11.6 Å². The number of hydrogen-bond donors (Lipinski definition) is 2. The molecule has 1 aromatic carbocycles. The largest absolute Gasteiger partial charge is 0.325 e. The molecule has 0 bridgehead atoms. The SMILES string of the molecule is Cc1cc(Nc2nc(-c3ccncc3)nc3ccc(I)cc23)[nH]n1. The number of benzene rings is 1. The number of hydrogen-bond acceptors (Lipinski definition) is 5. The molecule has 4 aromatic rings. The van der Waals surface area contributed by atoms with E-state index in [2.05, 4.69) is 54.1 Å². The third-order valence-electron chi connectivity index (χ3n) is 3.56. The number of aromatic nitrogens is 5. The van der Waals surface area contributed by atoms with Crippen molar-refractivity contribution < 1.29 is 0 Å². The summed E-state index contributed by atoms with van der Waals surface area (Å²) in [4.78, 5) is 13.5. The van der Waals surface area contributed by atoms with Crippen LogP contribution in [0.3, 0.4) is 0 Å². The van der Waals surface area contributed by atoms with Crippen molar-refractivity contribution in [3.63, 3.8) is 0 Å². The topological polar surface area (TPSA) is 79.4 Å². The van der Waals surface area contributed by atoms with Gasteiger partial charge in [-0.3, -0.25) is 10.1 Å². The molecule has 2 N–H and O–H groups in total. The van der Waals surface area contributed by atoms with Crippen LogP contribution in [0.5, 0.6) is 0 Å². The highest BCUT2D eigenvalue weighted by Gasteiger charge is 2.11. The van der Waals surface area contributed by atoms with E-state index in [0.29, 0.717) is 5.82 Å². The van der Waals surface area contributed by atoms with Gasteiger partial charge >= 0.3 is 0 Å². The highest BCUT2D eigenvalue weighted by molar-refractivity contribution is 14.1. The maximum atomic E-state index is 4.72. The molecular formula is C17H13IN6.